The van der Waals surface area contributed by atoms with Gasteiger partial charge in [-0.15, -0.1) is 0 Å². The van der Waals surface area contributed by atoms with Gasteiger partial charge in [-0.2, -0.15) is 0 Å². The molecule has 0 spiro atoms. The van der Waals surface area contributed by atoms with Crippen LogP contribution in [0.1, 0.15) is 181 Å². The van der Waals surface area contributed by atoms with E-state index < -0.39 is 51.8 Å². The van der Waals surface area contributed by atoms with Crippen LogP contribution in [0.2, 0.25) is 0 Å². The number of hydrogen-bond donors (Lipinski definition) is 3. The predicted octanol–water partition coefficient (Wildman–Crippen LogP) is 10.2. The highest BCUT2D eigenvalue weighted by atomic mass is 31.2. The molecule has 11 heteroatoms. The fraction of sp³-hybridized carbons (Fsp3) is 0.850. The fourth-order valence-electron chi connectivity index (χ4n) is 5.43. The average molecular weight is 747 g/mol. The number of ether oxygens (including phenoxy) is 2. The third kappa shape index (κ3) is 36.6. The zero-order valence-electron chi connectivity index (χ0n) is 32.3. The molecule has 0 aliphatic rings. The summed E-state index contributed by atoms with van der Waals surface area (Å²) in [6.45, 7) is 2.34. The third-order valence-corrected chi connectivity index (χ3v) is 9.56. The predicted molar refractivity (Wildman–Crippen MR) is 205 cm³/mol. The van der Waals surface area contributed by atoms with Gasteiger partial charge in [-0.3, -0.25) is 18.6 Å². The molecular weight excluding hydrogens is 671 g/mol. The van der Waals surface area contributed by atoms with Crippen LogP contribution < -0.4 is 0 Å². The average Bonchev–Trinajstić information content (AvgIpc) is 3.12. The zero-order chi connectivity index (χ0) is 37.7. The van der Waals surface area contributed by atoms with Crippen molar-refractivity contribution in [2.75, 3.05) is 26.4 Å². The van der Waals surface area contributed by atoms with Gasteiger partial charge in [-0.1, -0.05) is 147 Å². The molecule has 3 N–H and O–H groups in total. The molecule has 0 amide bonds. The number of allylic oxidation sites excluding steroid dienone is 4. The molecule has 0 aromatic carbocycles. The Labute approximate surface area is 310 Å². The van der Waals surface area contributed by atoms with E-state index in [-0.39, 0.29) is 19.4 Å². The second-order valence-electron chi connectivity index (χ2n) is 13.7. The number of esters is 2. The Hall–Kier alpha value is -1.55. The van der Waals surface area contributed by atoms with Crippen LogP contribution in [0.5, 0.6) is 0 Å². The summed E-state index contributed by atoms with van der Waals surface area (Å²) in [4.78, 5) is 34.9. The van der Waals surface area contributed by atoms with E-state index in [1.807, 2.05) is 0 Å². The van der Waals surface area contributed by atoms with Crippen LogP contribution in [0.3, 0.4) is 0 Å². The zero-order valence-corrected chi connectivity index (χ0v) is 33.2. The molecule has 2 unspecified atom stereocenters. The Morgan fingerprint density at radius 3 is 1.55 bits per heavy atom. The number of carbonyl (C=O) groups is 2. The summed E-state index contributed by atoms with van der Waals surface area (Å²) in [7, 11) is -4.61. The lowest BCUT2D eigenvalue weighted by Crippen LogP contribution is -2.29. The standard InChI is InChI=1S/C40H75O10P/c1-3-5-7-9-11-13-15-17-18-20-22-24-26-28-30-32-40(44)50-38(36-49-51(45,46)48-34-37(42)33-41)35-47-39(43)31-29-27-25-23-21-19-16-14-12-10-8-6-4-2/h11,13,17-18,37-38,41-42H,3-10,12,14-16,19-36H2,1-2H3,(H,45,46)/b13-11-,18-17-/t37?,38-/m1/s1. The Kier molecular flexibility index (Phi) is 35.7. The first kappa shape index (κ1) is 49.5. The van der Waals surface area contributed by atoms with E-state index in [0.29, 0.717) is 12.8 Å². The first-order valence-corrected chi connectivity index (χ1v) is 21.8. The minimum atomic E-state index is -4.61. The normalized spacial score (nSPS) is 14.2. The summed E-state index contributed by atoms with van der Waals surface area (Å²) in [5.74, 6) is -0.937. The Morgan fingerprint density at radius 1 is 0.588 bits per heavy atom. The summed E-state index contributed by atoms with van der Waals surface area (Å²) >= 11 is 0. The summed E-state index contributed by atoms with van der Waals surface area (Å²) in [6.07, 6.45) is 34.2. The van der Waals surface area contributed by atoms with Crippen molar-refractivity contribution in [1.29, 1.82) is 0 Å². The molecular formula is C40H75O10P. The second-order valence-corrected chi connectivity index (χ2v) is 15.1. The van der Waals surface area contributed by atoms with Crippen molar-refractivity contribution in [1.82, 2.24) is 0 Å². The summed E-state index contributed by atoms with van der Waals surface area (Å²) < 4.78 is 32.6. The maximum Gasteiger partial charge on any atom is 0.472 e. The van der Waals surface area contributed by atoms with Crippen molar-refractivity contribution in [3.8, 4) is 0 Å². The van der Waals surface area contributed by atoms with Crippen molar-refractivity contribution in [3.63, 3.8) is 0 Å². The van der Waals surface area contributed by atoms with Crippen molar-refractivity contribution < 1.29 is 47.8 Å². The molecule has 0 rings (SSSR count). The van der Waals surface area contributed by atoms with Crippen LogP contribution in [0.15, 0.2) is 24.3 Å². The smallest absolute Gasteiger partial charge is 0.462 e. The highest BCUT2D eigenvalue weighted by Gasteiger charge is 2.27. The molecule has 0 heterocycles. The molecule has 0 radical (unpaired) electrons. The van der Waals surface area contributed by atoms with E-state index in [4.69, 9.17) is 19.1 Å². The van der Waals surface area contributed by atoms with Gasteiger partial charge in [0.15, 0.2) is 6.10 Å². The number of unbranched alkanes of at least 4 members (excludes halogenated alkanes) is 20. The van der Waals surface area contributed by atoms with E-state index in [1.165, 1.54) is 77.0 Å². The van der Waals surface area contributed by atoms with Gasteiger partial charge in [0.1, 0.15) is 12.7 Å². The molecule has 0 saturated heterocycles. The van der Waals surface area contributed by atoms with Crippen molar-refractivity contribution >= 4 is 19.8 Å². The molecule has 0 aromatic rings. The van der Waals surface area contributed by atoms with Gasteiger partial charge < -0.3 is 24.6 Å². The number of aliphatic hydroxyl groups excluding tert-OH is 2. The van der Waals surface area contributed by atoms with Crippen LogP contribution in [0.4, 0.5) is 0 Å². The van der Waals surface area contributed by atoms with Gasteiger partial charge in [0, 0.05) is 12.8 Å². The molecule has 10 nitrogen and oxygen atoms in total. The quantitative estimate of drug-likeness (QED) is 0.0241. The lowest BCUT2D eigenvalue weighted by Gasteiger charge is -2.20. The molecule has 0 aliphatic carbocycles. The van der Waals surface area contributed by atoms with E-state index in [0.717, 1.165) is 64.2 Å². The maximum atomic E-state index is 12.6. The first-order valence-electron chi connectivity index (χ1n) is 20.3. The van der Waals surface area contributed by atoms with Crippen LogP contribution in [0.25, 0.3) is 0 Å². The second kappa shape index (κ2) is 36.8. The fourth-order valence-corrected chi connectivity index (χ4v) is 6.22. The van der Waals surface area contributed by atoms with E-state index in [2.05, 4.69) is 42.7 Å². The monoisotopic (exact) mass is 747 g/mol. The Bertz CT molecular complexity index is 910. The van der Waals surface area contributed by atoms with Gasteiger partial charge in [0.05, 0.1) is 19.8 Å². The third-order valence-electron chi connectivity index (χ3n) is 8.61. The van der Waals surface area contributed by atoms with E-state index >= 15 is 0 Å². The summed E-state index contributed by atoms with van der Waals surface area (Å²) in [5.41, 5.74) is 0. The molecule has 51 heavy (non-hydrogen) atoms. The van der Waals surface area contributed by atoms with E-state index in [1.54, 1.807) is 0 Å². The van der Waals surface area contributed by atoms with Gasteiger partial charge in [0.25, 0.3) is 0 Å². The molecule has 0 aliphatic heterocycles. The molecule has 0 bridgehead atoms. The van der Waals surface area contributed by atoms with Crippen molar-refractivity contribution in [3.05, 3.63) is 24.3 Å². The molecule has 0 fully saturated rings. The lowest BCUT2D eigenvalue weighted by molar-refractivity contribution is -0.161. The number of phosphoric acid groups is 1. The van der Waals surface area contributed by atoms with Gasteiger partial charge in [-0.25, -0.2) is 4.57 Å². The largest absolute Gasteiger partial charge is 0.472 e. The van der Waals surface area contributed by atoms with Crippen LogP contribution in [0, 0.1) is 0 Å². The SMILES string of the molecule is CCCCC/C=C\C/C=C\CCCCCCCC(=O)O[C@H](COC(=O)CCCCCCCCCCCCCCC)COP(=O)(O)OCC(O)CO. The lowest BCUT2D eigenvalue weighted by atomic mass is 10.0. The number of hydrogen-bond acceptors (Lipinski definition) is 9. The van der Waals surface area contributed by atoms with Gasteiger partial charge in [0.2, 0.25) is 0 Å². The van der Waals surface area contributed by atoms with Crippen molar-refractivity contribution in [2.45, 2.75) is 193 Å². The molecule has 300 valence electrons. The summed E-state index contributed by atoms with van der Waals surface area (Å²) in [6, 6.07) is 0. The van der Waals surface area contributed by atoms with Crippen LogP contribution in [-0.4, -0.2) is 65.7 Å². The van der Waals surface area contributed by atoms with Crippen LogP contribution >= 0.6 is 7.82 Å². The number of rotatable bonds is 38. The van der Waals surface area contributed by atoms with Crippen molar-refractivity contribution in [2.24, 2.45) is 0 Å². The number of phosphoric ester groups is 1. The molecule has 0 aromatic heterocycles. The van der Waals surface area contributed by atoms with Gasteiger partial charge in [-0.05, 0) is 44.9 Å². The highest BCUT2D eigenvalue weighted by molar-refractivity contribution is 7.47. The maximum absolute atomic E-state index is 12.6. The summed E-state index contributed by atoms with van der Waals surface area (Å²) in [5, 5.41) is 18.3. The Balaban J connectivity index is 4.35. The topological polar surface area (TPSA) is 149 Å². The first-order chi connectivity index (χ1) is 24.7. The minimum Gasteiger partial charge on any atom is -0.462 e. The number of aliphatic hydroxyl groups is 2. The van der Waals surface area contributed by atoms with E-state index in [9.17, 15) is 24.2 Å². The van der Waals surface area contributed by atoms with Crippen LogP contribution in [-0.2, 0) is 32.7 Å². The Morgan fingerprint density at radius 2 is 1.02 bits per heavy atom. The van der Waals surface area contributed by atoms with Gasteiger partial charge >= 0.3 is 19.8 Å². The highest BCUT2D eigenvalue weighted by Crippen LogP contribution is 2.43. The molecule has 0 saturated carbocycles. The molecule has 3 atom stereocenters. The minimum absolute atomic E-state index is 0.171. The number of carbonyl (C=O) groups excluding carboxylic acids is 2.